The van der Waals surface area contributed by atoms with Crippen molar-refractivity contribution >= 4 is 11.7 Å². The lowest BCUT2D eigenvalue weighted by atomic mass is 9.94. The number of hydrogen-bond acceptors (Lipinski definition) is 4. The van der Waals surface area contributed by atoms with Gasteiger partial charge in [0.05, 0.1) is 11.3 Å². The molecule has 1 atom stereocenters. The third kappa shape index (κ3) is 2.49. The van der Waals surface area contributed by atoms with E-state index in [4.69, 9.17) is 4.74 Å². The number of cyclic esters (lactones) is 1. The maximum absolute atomic E-state index is 12.2. The molecule has 0 saturated carbocycles. The number of carbonyl (C=O) groups excluding carboxylic acids is 1. The van der Waals surface area contributed by atoms with Crippen molar-refractivity contribution in [2.45, 2.75) is 19.4 Å². The van der Waals surface area contributed by atoms with E-state index >= 15 is 0 Å². The van der Waals surface area contributed by atoms with Crippen LogP contribution < -0.4 is 4.90 Å². The molecule has 1 aliphatic heterocycles. The molecule has 0 amide bonds. The lowest BCUT2D eigenvalue weighted by Gasteiger charge is -2.26. The summed E-state index contributed by atoms with van der Waals surface area (Å²) < 4.78 is 5.59. The molecule has 21 heavy (non-hydrogen) atoms. The summed E-state index contributed by atoms with van der Waals surface area (Å²) in [5, 5.41) is 0. The van der Waals surface area contributed by atoms with Crippen molar-refractivity contribution in [3.63, 3.8) is 0 Å². The second-order valence-electron chi connectivity index (χ2n) is 5.51. The van der Waals surface area contributed by atoms with Crippen LogP contribution in [0.25, 0.3) is 0 Å². The van der Waals surface area contributed by atoms with Crippen LogP contribution in [-0.4, -0.2) is 25.0 Å². The van der Waals surface area contributed by atoms with Gasteiger partial charge in [-0.05, 0) is 36.2 Å². The monoisotopic (exact) mass is 282 g/mol. The number of aryl methyl sites for hydroxylation is 1. The van der Waals surface area contributed by atoms with Crippen molar-refractivity contribution in [1.82, 2.24) is 4.98 Å². The molecule has 3 rings (SSSR count). The third-order valence-electron chi connectivity index (χ3n) is 3.87. The minimum atomic E-state index is -0.275. The number of benzene rings is 1. The number of ether oxygens (including phenoxy) is 1. The molecule has 108 valence electrons. The lowest BCUT2D eigenvalue weighted by molar-refractivity contribution is 0.0251. The van der Waals surface area contributed by atoms with Gasteiger partial charge in [0.2, 0.25) is 0 Å². The molecule has 1 aromatic carbocycles. The highest BCUT2D eigenvalue weighted by Gasteiger charge is 2.29. The molecule has 0 fully saturated rings. The Morgan fingerprint density at radius 3 is 2.57 bits per heavy atom. The topological polar surface area (TPSA) is 42.4 Å². The van der Waals surface area contributed by atoms with Gasteiger partial charge in [-0.3, -0.25) is 4.98 Å². The summed E-state index contributed by atoms with van der Waals surface area (Å²) in [6, 6.07) is 10.0. The number of aromatic nitrogens is 1. The fourth-order valence-electron chi connectivity index (χ4n) is 2.67. The average molecular weight is 282 g/mol. The summed E-state index contributed by atoms with van der Waals surface area (Å²) in [7, 11) is 4.00. The van der Waals surface area contributed by atoms with Crippen molar-refractivity contribution < 1.29 is 9.53 Å². The molecule has 0 spiro atoms. The van der Waals surface area contributed by atoms with Gasteiger partial charge in [0, 0.05) is 32.4 Å². The van der Waals surface area contributed by atoms with Crippen LogP contribution in [0.5, 0.6) is 0 Å². The van der Waals surface area contributed by atoms with Gasteiger partial charge in [-0.25, -0.2) is 4.79 Å². The smallest absolute Gasteiger partial charge is 0.340 e. The third-order valence-corrected chi connectivity index (χ3v) is 3.87. The first kappa shape index (κ1) is 13.6. The normalized spacial score (nSPS) is 17.1. The van der Waals surface area contributed by atoms with E-state index in [1.54, 1.807) is 6.20 Å². The van der Waals surface area contributed by atoms with E-state index in [1.807, 2.05) is 56.3 Å². The molecule has 4 nitrogen and oxygen atoms in total. The van der Waals surface area contributed by atoms with Crippen molar-refractivity contribution in [1.29, 1.82) is 0 Å². The molecular weight excluding hydrogens is 264 g/mol. The van der Waals surface area contributed by atoms with E-state index < -0.39 is 0 Å². The first-order valence-electron chi connectivity index (χ1n) is 6.99. The van der Waals surface area contributed by atoms with Gasteiger partial charge in [0.1, 0.15) is 6.10 Å². The molecule has 1 aromatic heterocycles. The van der Waals surface area contributed by atoms with Crippen molar-refractivity contribution in [3.8, 4) is 0 Å². The molecule has 1 unspecified atom stereocenters. The van der Waals surface area contributed by atoms with Gasteiger partial charge in [-0.15, -0.1) is 0 Å². The number of nitrogens with zero attached hydrogens (tertiary/aromatic N) is 2. The molecular formula is C17H18N2O2. The fraction of sp³-hybridized carbons (Fsp3) is 0.294. The fourth-order valence-corrected chi connectivity index (χ4v) is 2.67. The van der Waals surface area contributed by atoms with Crippen molar-refractivity contribution in [3.05, 3.63) is 58.9 Å². The van der Waals surface area contributed by atoms with E-state index in [9.17, 15) is 4.79 Å². The minimum Gasteiger partial charge on any atom is -0.453 e. The van der Waals surface area contributed by atoms with E-state index in [-0.39, 0.29) is 12.1 Å². The largest absolute Gasteiger partial charge is 0.453 e. The molecule has 2 aromatic rings. The van der Waals surface area contributed by atoms with E-state index in [1.165, 1.54) is 0 Å². The molecule has 0 aliphatic carbocycles. The predicted octanol–water partition coefficient (Wildman–Crippen LogP) is 2.91. The summed E-state index contributed by atoms with van der Waals surface area (Å²) in [6.45, 7) is 1.84. The maximum Gasteiger partial charge on any atom is 0.340 e. The Kier molecular flexibility index (Phi) is 3.37. The molecule has 1 aliphatic rings. The van der Waals surface area contributed by atoms with Crippen molar-refractivity contribution in [2.24, 2.45) is 0 Å². The van der Waals surface area contributed by atoms with Crippen LogP contribution in [-0.2, 0) is 11.2 Å². The molecule has 0 bridgehead atoms. The summed E-state index contributed by atoms with van der Waals surface area (Å²) >= 11 is 0. The second kappa shape index (κ2) is 5.20. The Morgan fingerprint density at radius 1 is 1.19 bits per heavy atom. The van der Waals surface area contributed by atoms with Crippen LogP contribution in [0.4, 0.5) is 5.69 Å². The first-order chi connectivity index (χ1) is 10.1. The number of esters is 1. The highest BCUT2D eigenvalue weighted by Crippen LogP contribution is 2.31. The van der Waals surface area contributed by atoms with Crippen LogP contribution in [0.2, 0.25) is 0 Å². The quantitative estimate of drug-likeness (QED) is 0.794. The predicted molar refractivity (Wildman–Crippen MR) is 81.6 cm³/mol. The molecule has 2 heterocycles. The number of anilines is 1. The van der Waals surface area contributed by atoms with Crippen LogP contribution in [0.3, 0.4) is 0 Å². The average Bonchev–Trinajstić information content (AvgIpc) is 2.47. The van der Waals surface area contributed by atoms with Crippen molar-refractivity contribution in [2.75, 3.05) is 19.0 Å². The molecule has 0 saturated heterocycles. The Morgan fingerprint density at radius 2 is 1.90 bits per heavy atom. The van der Waals surface area contributed by atoms with E-state index in [0.29, 0.717) is 12.0 Å². The van der Waals surface area contributed by atoms with Crippen LogP contribution in [0.15, 0.2) is 36.5 Å². The number of rotatable bonds is 2. The van der Waals surface area contributed by atoms with E-state index in [2.05, 4.69) is 4.98 Å². The molecule has 4 heteroatoms. The van der Waals surface area contributed by atoms with Gasteiger partial charge in [0.15, 0.2) is 0 Å². The zero-order chi connectivity index (χ0) is 15.0. The maximum atomic E-state index is 12.2. The van der Waals surface area contributed by atoms with Gasteiger partial charge >= 0.3 is 5.97 Å². The number of pyridine rings is 1. The highest BCUT2D eigenvalue weighted by molar-refractivity contribution is 5.93. The van der Waals surface area contributed by atoms with Crippen LogP contribution in [0, 0.1) is 6.92 Å². The number of carbonyl (C=O) groups is 1. The van der Waals surface area contributed by atoms with Gasteiger partial charge in [-0.2, -0.15) is 0 Å². The van der Waals surface area contributed by atoms with Crippen LogP contribution >= 0.6 is 0 Å². The first-order valence-corrected chi connectivity index (χ1v) is 6.99. The highest BCUT2D eigenvalue weighted by atomic mass is 16.5. The van der Waals surface area contributed by atoms with Gasteiger partial charge < -0.3 is 9.64 Å². The second-order valence-corrected chi connectivity index (χ2v) is 5.51. The summed E-state index contributed by atoms with van der Waals surface area (Å²) in [5.41, 5.74) is 4.52. The summed E-state index contributed by atoms with van der Waals surface area (Å²) in [5.74, 6) is -0.275. The Bertz CT molecular complexity index is 678. The molecule has 0 N–H and O–H groups in total. The lowest BCUT2D eigenvalue weighted by Crippen LogP contribution is -2.23. The van der Waals surface area contributed by atoms with Crippen LogP contribution in [0.1, 0.15) is 33.3 Å². The molecule has 0 radical (unpaired) electrons. The summed E-state index contributed by atoms with van der Waals surface area (Å²) in [4.78, 5) is 18.4. The van der Waals surface area contributed by atoms with Gasteiger partial charge in [-0.1, -0.05) is 12.1 Å². The number of fused-ring (bicyclic) bond motifs is 1. The Labute approximate surface area is 124 Å². The summed E-state index contributed by atoms with van der Waals surface area (Å²) in [6.07, 6.45) is 2.23. The zero-order valence-corrected chi connectivity index (χ0v) is 12.5. The Balaban J connectivity index is 1.90. The minimum absolute atomic E-state index is 0.219. The number of hydrogen-bond donors (Lipinski definition) is 0. The Hall–Kier alpha value is -2.36. The standard InChI is InChI=1S/C17H18N2O2/c1-11-16-13(8-9-18-11)10-15(21-17(16)20)12-4-6-14(7-5-12)19(2)3/h4-9,15H,10H2,1-3H3. The SMILES string of the molecule is Cc1nccc2c1C(=O)OC(c1ccc(N(C)C)cc1)C2. The van der Waals surface area contributed by atoms with E-state index in [0.717, 1.165) is 22.5 Å². The van der Waals surface area contributed by atoms with Gasteiger partial charge in [0.25, 0.3) is 0 Å². The zero-order valence-electron chi connectivity index (χ0n) is 12.5.